The van der Waals surface area contributed by atoms with E-state index in [2.05, 4.69) is 15.1 Å². The highest BCUT2D eigenvalue weighted by atomic mass is 16.5. The molecule has 0 saturated carbocycles. The third kappa shape index (κ3) is 3.02. The summed E-state index contributed by atoms with van der Waals surface area (Å²) >= 11 is 0. The van der Waals surface area contributed by atoms with Gasteiger partial charge in [0.2, 0.25) is 0 Å². The summed E-state index contributed by atoms with van der Waals surface area (Å²) in [4.78, 5) is 32.8. The fourth-order valence-corrected chi connectivity index (χ4v) is 3.10. The third-order valence-electron chi connectivity index (χ3n) is 4.68. The first kappa shape index (κ1) is 17.8. The molecule has 0 bridgehead atoms. The summed E-state index contributed by atoms with van der Waals surface area (Å²) in [6, 6.07) is 6.96. The topological polar surface area (TPSA) is 99.6 Å². The minimum absolute atomic E-state index is 0.0829. The van der Waals surface area contributed by atoms with Gasteiger partial charge < -0.3 is 9.15 Å². The Morgan fingerprint density at radius 3 is 2.71 bits per heavy atom. The molecule has 1 aromatic carbocycles. The quantitative estimate of drug-likeness (QED) is 0.399. The summed E-state index contributed by atoms with van der Waals surface area (Å²) in [5.74, 6) is -0.436. The Labute approximate surface area is 159 Å². The lowest BCUT2D eigenvalue weighted by atomic mass is 10.0. The van der Waals surface area contributed by atoms with Crippen molar-refractivity contribution in [2.75, 3.05) is 0 Å². The Hall–Kier alpha value is -3.55. The molecule has 0 unspecified atom stereocenters. The van der Waals surface area contributed by atoms with Gasteiger partial charge in [-0.2, -0.15) is 4.98 Å². The van der Waals surface area contributed by atoms with Gasteiger partial charge in [0.15, 0.2) is 0 Å². The van der Waals surface area contributed by atoms with Crippen LogP contribution in [0.5, 0.6) is 0 Å². The molecule has 3 aromatic heterocycles. The molecule has 0 atom stereocenters. The number of esters is 1. The van der Waals surface area contributed by atoms with Crippen molar-refractivity contribution >= 4 is 22.7 Å². The Bertz CT molecular complexity index is 1300. The van der Waals surface area contributed by atoms with Crippen LogP contribution < -0.4 is 5.63 Å². The number of benzene rings is 1. The number of hydrogen-bond donors (Lipinski definition) is 0. The average Bonchev–Trinajstić information content (AvgIpc) is 3.07. The number of nitrogens with zero attached hydrogens (tertiary/aromatic N) is 4. The second-order valence-electron chi connectivity index (χ2n) is 6.74. The summed E-state index contributed by atoms with van der Waals surface area (Å²) < 4.78 is 12.2. The maximum Gasteiger partial charge on any atom is 0.378 e. The molecule has 0 aliphatic carbocycles. The van der Waals surface area contributed by atoms with Crippen molar-refractivity contribution in [3.05, 3.63) is 68.6 Å². The van der Waals surface area contributed by atoms with E-state index in [1.807, 2.05) is 45.9 Å². The van der Waals surface area contributed by atoms with Crippen molar-refractivity contribution in [1.29, 1.82) is 0 Å². The lowest BCUT2D eigenvalue weighted by Gasteiger charge is -2.09. The van der Waals surface area contributed by atoms with E-state index >= 15 is 0 Å². The molecule has 4 rings (SSSR count). The molecule has 0 fully saturated rings. The molecular weight excluding hydrogens is 360 g/mol. The molecular formula is C20H18N4O4. The van der Waals surface area contributed by atoms with Crippen molar-refractivity contribution in [1.82, 2.24) is 19.6 Å². The highest BCUT2D eigenvalue weighted by Crippen LogP contribution is 2.23. The first-order chi connectivity index (χ1) is 13.3. The smallest absolute Gasteiger partial charge is 0.378 e. The van der Waals surface area contributed by atoms with Crippen molar-refractivity contribution in [2.45, 2.75) is 34.3 Å². The molecule has 0 N–H and O–H groups in total. The normalized spacial score (nSPS) is 11.3. The molecule has 0 spiro atoms. The maximum absolute atomic E-state index is 12.4. The second-order valence-corrected chi connectivity index (χ2v) is 6.74. The molecule has 0 amide bonds. The molecule has 4 aromatic rings. The largest absolute Gasteiger partial charge is 0.455 e. The van der Waals surface area contributed by atoms with Crippen LogP contribution >= 0.6 is 0 Å². The number of rotatable bonds is 3. The zero-order valence-electron chi connectivity index (χ0n) is 15.9. The van der Waals surface area contributed by atoms with Gasteiger partial charge in [-0.25, -0.2) is 19.1 Å². The summed E-state index contributed by atoms with van der Waals surface area (Å²) in [6.45, 7) is 7.42. The van der Waals surface area contributed by atoms with E-state index in [1.165, 1.54) is 10.6 Å². The van der Waals surface area contributed by atoms with Crippen LogP contribution in [0.2, 0.25) is 0 Å². The fraction of sp³-hybridized carbons (Fsp3) is 0.250. The number of carbonyl (C=O) groups excluding carboxylic acids is 1. The minimum atomic E-state index is -0.687. The fourth-order valence-electron chi connectivity index (χ4n) is 3.10. The molecule has 8 nitrogen and oxygen atoms in total. The lowest BCUT2D eigenvalue weighted by Crippen LogP contribution is -2.10. The number of hydrogen-bond acceptors (Lipinski definition) is 7. The monoisotopic (exact) mass is 378 g/mol. The first-order valence-electron chi connectivity index (χ1n) is 8.74. The number of aryl methyl sites for hydroxylation is 4. The Balaban J connectivity index is 1.65. The van der Waals surface area contributed by atoms with Gasteiger partial charge >= 0.3 is 11.6 Å². The summed E-state index contributed by atoms with van der Waals surface area (Å²) in [5, 5.41) is 4.89. The zero-order chi connectivity index (χ0) is 20.0. The van der Waals surface area contributed by atoms with E-state index in [9.17, 15) is 9.59 Å². The highest BCUT2D eigenvalue weighted by Gasteiger charge is 2.18. The number of fused-ring (bicyclic) bond motifs is 2. The van der Waals surface area contributed by atoms with Crippen LogP contribution in [0.4, 0.5) is 0 Å². The van der Waals surface area contributed by atoms with Gasteiger partial charge in [0.1, 0.15) is 12.2 Å². The van der Waals surface area contributed by atoms with Gasteiger partial charge in [0.25, 0.3) is 11.6 Å². The molecule has 0 aliphatic heterocycles. The molecule has 0 radical (unpaired) electrons. The van der Waals surface area contributed by atoms with Gasteiger partial charge in [-0.05, 0) is 44.9 Å². The maximum atomic E-state index is 12.4. The SMILES string of the molecule is Cc1cc(C)n2nc(C(=O)OCc3cc(=O)oc4c(C)c(C)ccc34)nc2n1. The second kappa shape index (κ2) is 6.56. The standard InChI is InChI=1S/C20H18N4O4/c1-10-5-6-15-14(8-16(25)28-17(15)13(10)4)9-27-19(26)18-22-20-21-11(2)7-12(3)24(20)23-18/h5-8H,9H2,1-4H3. The zero-order valence-corrected chi connectivity index (χ0v) is 15.9. The Morgan fingerprint density at radius 1 is 1.14 bits per heavy atom. The van der Waals surface area contributed by atoms with E-state index < -0.39 is 11.6 Å². The molecule has 0 aliphatic rings. The summed E-state index contributed by atoms with van der Waals surface area (Å²) in [5.41, 5.74) is 4.06. The predicted octanol–water partition coefficient (Wildman–Crippen LogP) is 2.82. The van der Waals surface area contributed by atoms with Crippen LogP contribution in [0.25, 0.3) is 16.7 Å². The number of ether oxygens (including phenoxy) is 1. The van der Waals surface area contributed by atoms with E-state index in [1.54, 1.807) is 0 Å². The predicted molar refractivity (Wildman–Crippen MR) is 101 cm³/mol. The van der Waals surface area contributed by atoms with Crippen molar-refractivity contribution in [3.8, 4) is 0 Å². The number of carbonyl (C=O) groups is 1. The van der Waals surface area contributed by atoms with Crippen molar-refractivity contribution in [2.24, 2.45) is 0 Å². The van der Waals surface area contributed by atoms with E-state index in [-0.39, 0.29) is 12.4 Å². The summed E-state index contributed by atoms with van der Waals surface area (Å²) in [6.07, 6.45) is 0. The molecule has 28 heavy (non-hydrogen) atoms. The van der Waals surface area contributed by atoms with Gasteiger partial charge in [-0.15, -0.1) is 5.10 Å². The molecule has 0 saturated heterocycles. The van der Waals surface area contributed by atoms with Crippen LogP contribution in [0.3, 0.4) is 0 Å². The third-order valence-corrected chi connectivity index (χ3v) is 4.68. The molecule has 3 heterocycles. The average molecular weight is 378 g/mol. The number of aromatic nitrogens is 4. The van der Waals surface area contributed by atoms with Crippen LogP contribution in [-0.4, -0.2) is 25.6 Å². The van der Waals surface area contributed by atoms with Crippen LogP contribution in [0, 0.1) is 27.7 Å². The van der Waals surface area contributed by atoms with E-state index in [4.69, 9.17) is 9.15 Å². The summed E-state index contributed by atoms with van der Waals surface area (Å²) in [7, 11) is 0. The van der Waals surface area contributed by atoms with Crippen molar-refractivity contribution in [3.63, 3.8) is 0 Å². The Morgan fingerprint density at radius 2 is 1.93 bits per heavy atom. The van der Waals surface area contributed by atoms with Crippen LogP contribution in [-0.2, 0) is 11.3 Å². The Kier molecular flexibility index (Phi) is 4.18. The molecule has 142 valence electrons. The first-order valence-corrected chi connectivity index (χ1v) is 8.74. The van der Waals surface area contributed by atoms with Crippen molar-refractivity contribution < 1.29 is 13.9 Å². The van der Waals surface area contributed by atoms with E-state index in [0.717, 1.165) is 27.9 Å². The van der Waals surface area contributed by atoms with E-state index in [0.29, 0.717) is 16.9 Å². The van der Waals surface area contributed by atoms with Crippen LogP contribution in [0.1, 0.15) is 38.7 Å². The highest BCUT2D eigenvalue weighted by molar-refractivity contribution is 5.87. The van der Waals surface area contributed by atoms with Gasteiger partial charge in [-0.3, -0.25) is 0 Å². The van der Waals surface area contributed by atoms with Gasteiger partial charge in [0, 0.05) is 28.4 Å². The van der Waals surface area contributed by atoms with Gasteiger partial charge in [0.05, 0.1) is 0 Å². The minimum Gasteiger partial charge on any atom is -0.455 e. The lowest BCUT2D eigenvalue weighted by molar-refractivity contribution is 0.0459. The van der Waals surface area contributed by atoms with Gasteiger partial charge in [-0.1, -0.05) is 12.1 Å². The van der Waals surface area contributed by atoms with Crippen LogP contribution in [0.15, 0.2) is 33.5 Å². The molecule has 8 heteroatoms.